The van der Waals surface area contributed by atoms with Crippen molar-refractivity contribution >= 4 is 10.0 Å². The van der Waals surface area contributed by atoms with E-state index >= 15 is 0 Å². The summed E-state index contributed by atoms with van der Waals surface area (Å²) in [5.74, 6) is -0.266. The molecule has 0 fully saturated rings. The van der Waals surface area contributed by atoms with Gasteiger partial charge < -0.3 is 5.73 Å². The third-order valence-corrected chi connectivity index (χ3v) is 2.69. The number of hydrogen-bond acceptors (Lipinski definition) is 3. The van der Waals surface area contributed by atoms with Gasteiger partial charge in [-0.1, -0.05) is 0 Å². The molecule has 0 heterocycles. The van der Waals surface area contributed by atoms with Crippen LogP contribution < -0.4 is 10.5 Å². The van der Waals surface area contributed by atoms with Gasteiger partial charge in [0.15, 0.2) is 0 Å². The second-order valence-electron chi connectivity index (χ2n) is 2.40. The Morgan fingerprint density at radius 1 is 1.46 bits per heavy atom. The van der Waals surface area contributed by atoms with Crippen molar-refractivity contribution in [2.45, 2.75) is 19.1 Å². The van der Waals surface area contributed by atoms with Crippen LogP contribution >= 0.6 is 0 Å². The van der Waals surface area contributed by atoms with Crippen molar-refractivity contribution in [3.8, 4) is 0 Å². The Bertz CT molecular complexity index is 249. The Morgan fingerprint density at radius 2 is 1.92 bits per heavy atom. The maximum atomic E-state index is 11.8. The number of nitrogens with one attached hydrogen (secondary N) is 1. The van der Waals surface area contributed by atoms with E-state index in [0.717, 1.165) is 0 Å². The van der Waals surface area contributed by atoms with Crippen molar-refractivity contribution in [1.82, 2.24) is 4.72 Å². The van der Waals surface area contributed by atoms with Gasteiger partial charge in [0.2, 0.25) is 10.0 Å². The summed E-state index contributed by atoms with van der Waals surface area (Å²) in [5.41, 5.74) is 4.66. The van der Waals surface area contributed by atoms with Crippen LogP contribution in [0, 0.1) is 0 Å². The quantitative estimate of drug-likeness (QED) is 0.690. The molecular formula is C5H11F3N2O2S. The van der Waals surface area contributed by atoms with E-state index in [9.17, 15) is 21.6 Å². The Labute approximate surface area is 74.3 Å². The molecular weight excluding hydrogens is 209 g/mol. The smallest absolute Gasteiger partial charge is 0.319 e. The van der Waals surface area contributed by atoms with Gasteiger partial charge in [0.25, 0.3) is 0 Å². The van der Waals surface area contributed by atoms with Crippen molar-refractivity contribution in [3.63, 3.8) is 0 Å². The fraction of sp³-hybridized carbons (Fsp3) is 1.00. The number of alkyl halides is 3. The standard InChI is InChI=1S/C5H11F3N2O2S/c1-2-13(11,12)10-3-4(9)5(6,7)8/h4,10H,2-3,9H2,1H3. The van der Waals surface area contributed by atoms with E-state index in [1.54, 1.807) is 4.72 Å². The first-order chi connectivity index (χ1) is 5.69. The summed E-state index contributed by atoms with van der Waals surface area (Å²) in [5, 5.41) is 0. The van der Waals surface area contributed by atoms with E-state index in [1.165, 1.54) is 6.92 Å². The first-order valence-electron chi connectivity index (χ1n) is 3.48. The highest BCUT2D eigenvalue weighted by atomic mass is 32.2. The minimum absolute atomic E-state index is 0.266. The summed E-state index contributed by atoms with van der Waals surface area (Å²) < 4.78 is 58.4. The SMILES string of the molecule is CCS(=O)(=O)NCC(N)C(F)(F)F. The third-order valence-electron chi connectivity index (χ3n) is 1.32. The molecule has 0 amide bonds. The normalized spacial score (nSPS) is 15.8. The lowest BCUT2D eigenvalue weighted by Gasteiger charge is -2.15. The first kappa shape index (κ1) is 12.7. The molecule has 0 spiro atoms. The highest BCUT2D eigenvalue weighted by Gasteiger charge is 2.36. The summed E-state index contributed by atoms with van der Waals surface area (Å²) >= 11 is 0. The maximum absolute atomic E-state index is 11.8. The molecule has 0 saturated carbocycles. The second kappa shape index (κ2) is 4.25. The molecule has 0 aliphatic rings. The predicted octanol–water partition coefficient (Wildman–Crippen LogP) is -0.185. The molecule has 0 saturated heterocycles. The summed E-state index contributed by atoms with van der Waals surface area (Å²) in [6.07, 6.45) is -4.57. The van der Waals surface area contributed by atoms with Crippen LogP contribution in [0.5, 0.6) is 0 Å². The van der Waals surface area contributed by atoms with E-state index in [-0.39, 0.29) is 5.75 Å². The summed E-state index contributed by atoms with van der Waals surface area (Å²) in [6.45, 7) is 0.501. The number of nitrogens with two attached hydrogens (primary N) is 1. The van der Waals surface area contributed by atoms with Crippen LogP contribution in [0.3, 0.4) is 0 Å². The monoisotopic (exact) mass is 220 g/mol. The van der Waals surface area contributed by atoms with Crippen LogP contribution in [0.25, 0.3) is 0 Å². The minimum atomic E-state index is -4.57. The Hall–Kier alpha value is -0.340. The summed E-state index contributed by atoms with van der Waals surface area (Å²) in [6, 6.07) is -2.16. The zero-order chi connectivity index (χ0) is 10.7. The summed E-state index contributed by atoms with van der Waals surface area (Å²) in [4.78, 5) is 0. The van der Waals surface area contributed by atoms with Crippen molar-refractivity contribution in [2.24, 2.45) is 5.73 Å². The molecule has 0 aromatic rings. The highest BCUT2D eigenvalue weighted by Crippen LogP contribution is 2.17. The molecule has 0 aromatic heterocycles. The molecule has 3 N–H and O–H groups in total. The molecule has 0 rings (SSSR count). The van der Waals surface area contributed by atoms with Gasteiger partial charge >= 0.3 is 6.18 Å². The molecule has 8 heteroatoms. The Balaban J connectivity index is 4.05. The van der Waals surface area contributed by atoms with Crippen LogP contribution in [-0.2, 0) is 10.0 Å². The number of rotatable bonds is 4. The Kier molecular flexibility index (Phi) is 4.14. The van der Waals surface area contributed by atoms with Crippen LogP contribution in [0.2, 0.25) is 0 Å². The minimum Gasteiger partial charge on any atom is -0.319 e. The molecule has 0 aliphatic heterocycles. The second-order valence-corrected chi connectivity index (χ2v) is 4.50. The molecule has 0 aromatic carbocycles. The number of halogens is 3. The first-order valence-corrected chi connectivity index (χ1v) is 5.14. The van der Waals surface area contributed by atoms with Gasteiger partial charge in [-0.3, -0.25) is 0 Å². The maximum Gasteiger partial charge on any atom is 0.404 e. The molecule has 13 heavy (non-hydrogen) atoms. The lowest BCUT2D eigenvalue weighted by atomic mass is 10.3. The lowest BCUT2D eigenvalue weighted by Crippen LogP contribution is -2.46. The molecule has 0 aliphatic carbocycles. The van der Waals surface area contributed by atoms with Gasteiger partial charge in [-0.15, -0.1) is 0 Å². The Morgan fingerprint density at radius 3 is 2.23 bits per heavy atom. The van der Waals surface area contributed by atoms with Gasteiger partial charge in [-0.2, -0.15) is 13.2 Å². The third kappa shape index (κ3) is 5.06. The van der Waals surface area contributed by atoms with Gasteiger partial charge in [0.1, 0.15) is 6.04 Å². The van der Waals surface area contributed by atoms with Crippen LogP contribution in [0.4, 0.5) is 13.2 Å². The van der Waals surface area contributed by atoms with Crippen molar-refractivity contribution in [1.29, 1.82) is 0 Å². The van der Waals surface area contributed by atoms with Gasteiger partial charge in [0, 0.05) is 6.54 Å². The largest absolute Gasteiger partial charge is 0.404 e. The van der Waals surface area contributed by atoms with Gasteiger partial charge in [-0.05, 0) is 6.92 Å². The summed E-state index contributed by atoms with van der Waals surface area (Å²) in [7, 11) is -3.60. The van der Waals surface area contributed by atoms with Crippen LogP contribution in [0.1, 0.15) is 6.92 Å². The van der Waals surface area contributed by atoms with Crippen molar-refractivity contribution in [3.05, 3.63) is 0 Å². The average molecular weight is 220 g/mol. The number of hydrogen-bond donors (Lipinski definition) is 2. The zero-order valence-electron chi connectivity index (χ0n) is 6.93. The van der Waals surface area contributed by atoms with Gasteiger partial charge in [0.05, 0.1) is 5.75 Å². The van der Waals surface area contributed by atoms with Crippen molar-refractivity contribution < 1.29 is 21.6 Å². The average Bonchev–Trinajstić information content (AvgIpc) is 1.98. The molecule has 0 radical (unpaired) electrons. The van der Waals surface area contributed by atoms with Gasteiger partial charge in [-0.25, -0.2) is 13.1 Å². The highest BCUT2D eigenvalue weighted by molar-refractivity contribution is 7.89. The van der Waals surface area contributed by atoms with Crippen LogP contribution in [-0.4, -0.2) is 32.9 Å². The number of sulfonamides is 1. The fourth-order valence-electron chi connectivity index (χ4n) is 0.435. The van der Waals surface area contributed by atoms with Crippen molar-refractivity contribution in [2.75, 3.05) is 12.3 Å². The van der Waals surface area contributed by atoms with E-state index in [4.69, 9.17) is 0 Å². The lowest BCUT2D eigenvalue weighted by molar-refractivity contribution is -0.145. The van der Waals surface area contributed by atoms with E-state index in [2.05, 4.69) is 5.73 Å². The topological polar surface area (TPSA) is 72.2 Å². The molecule has 4 nitrogen and oxygen atoms in total. The molecule has 80 valence electrons. The van der Waals surface area contributed by atoms with Crippen LogP contribution in [0.15, 0.2) is 0 Å². The molecule has 1 atom stereocenters. The molecule has 1 unspecified atom stereocenters. The predicted molar refractivity (Wildman–Crippen MR) is 41.5 cm³/mol. The molecule has 0 bridgehead atoms. The fourth-order valence-corrected chi connectivity index (χ4v) is 1.07. The van der Waals surface area contributed by atoms with E-state index < -0.39 is 28.8 Å². The van der Waals surface area contributed by atoms with E-state index in [0.29, 0.717) is 0 Å². The zero-order valence-corrected chi connectivity index (χ0v) is 7.74. The van der Waals surface area contributed by atoms with E-state index in [1.807, 2.05) is 0 Å².